The fourth-order valence-electron chi connectivity index (χ4n) is 2.38. The molecule has 0 radical (unpaired) electrons. The number of hydrogen-bond acceptors (Lipinski definition) is 0. The summed E-state index contributed by atoms with van der Waals surface area (Å²) < 4.78 is 0. The lowest BCUT2D eigenvalue weighted by Gasteiger charge is -2.20. The van der Waals surface area contributed by atoms with E-state index in [1.54, 1.807) is 0 Å². The summed E-state index contributed by atoms with van der Waals surface area (Å²) in [4.78, 5) is 0.624. The molecule has 1 fully saturated rings. The van der Waals surface area contributed by atoms with Crippen LogP contribution in [0.3, 0.4) is 0 Å². The Morgan fingerprint density at radius 1 is 1.13 bits per heavy atom. The van der Waals surface area contributed by atoms with Crippen molar-refractivity contribution in [3.05, 3.63) is 34.9 Å². The topological polar surface area (TPSA) is 0 Å². The predicted octanol–water partition coefficient (Wildman–Crippen LogP) is 5.15. The van der Waals surface area contributed by atoms with Gasteiger partial charge in [0.15, 0.2) is 0 Å². The Hall–Kier alpha value is -0.0100. The van der Waals surface area contributed by atoms with Crippen LogP contribution in [-0.4, -0.2) is 4.83 Å². The van der Waals surface area contributed by atoms with Gasteiger partial charge in [-0.15, -0.1) is 0 Å². The van der Waals surface area contributed by atoms with E-state index < -0.39 is 0 Å². The van der Waals surface area contributed by atoms with Crippen molar-refractivity contribution in [3.8, 4) is 0 Å². The maximum atomic E-state index is 6.04. The summed E-state index contributed by atoms with van der Waals surface area (Å²) in [6.07, 6.45) is 6.65. The fourth-order valence-corrected chi connectivity index (χ4v) is 3.47. The number of rotatable bonds is 1. The summed E-state index contributed by atoms with van der Waals surface area (Å²) in [7, 11) is 0. The number of benzene rings is 1. The molecule has 1 aromatic rings. The van der Waals surface area contributed by atoms with Crippen LogP contribution in [0.15, 0.2) is 24.3 Å². The zero-order valence-corrected chi connectivity index (χ0v) is 11.1. The first-order valence-electron chi connectivity index (χ1n) is 5.67. The van der Waals surface area contributed by atoms with Gasteiger partial charge in [0, 0.05) is 9.85 Å². The van der Waals surface area contributed by atoms with Gasteiger partial charge in [-0.2, -0.15) is 0 Å². The van der Waals surface area contributed by atoms with Crippen molar-refractivity contribution in [2.45, 2.75) is 42.8 Å². The lowest BCUT2D eigenvalue weighted by atomic mass is 9.92. The van der Waals surface area contributed by atoms with Gasteiger partial charge < -0.3 is 0 Å². The molecule has 1 aromatic carbocycles. The largest absolute Gasteiger partial charge is 0.0884 e. The molecular weight excluding hydrogens is 271 g/mol. The lowest BCUT2D eigenvalue weighted by molar-refractivity contribution is 0.612. The maximum absolute atomic E-state index is 6.04. The minimum atomic E-state index is 0.624. The van der Waals surface area contributed by atoms with E-state index in [4.69, 9.17) is 11.6 Å². The highest BCUT2D eigenvalue weighted by Gasteiger charge is 2.22. The van der Waals surface area contributed by atoms with Crippen molar-refractivity contribution in [2.75, 3.05) is 0 Å². The van der Waals surface area contributed by atoms with E-state index in [0.29, 0.717) is 10.7 Å². The highest BCUT2D eigenvalue weighted by molar-refractivity contribution is 9.09. The van der Waals surface area contributed by atoms with Crippen LogP contribution in [0.4, 0.5) is 0 Å². The standard InChI is InChI=1S/C13H16BrCl/c14-13-8-3-1-2-7-12(13)10-5-4-6-11(15)9-10/h4-6,9,12-13H,1-3,7-8H2. The van der Waals surface area contributed by atoms with E-state index in [9.17, 15) is 0 Å². The molecule has 2 atom stereocenters. The Bertz CT molecular complexity index is 324. The zero-order valence-electron chi connectivity index (χ0n) is 8.76. The van der Waals surface area contributed by atoms with Gasteiger partial charge >= 0.3 is 0 Å². The average molecular weight is 288 g/mol. The molecule has 0 saturated heterocycles. The highest BCUT2D eigenvalue weighted by Crippen LogP contribution is 2.36. The second kappa shape index (κ2) is 5.36. The Morgan fingerprint density at radius 2 is 1.93 bits per heavy atom. The Morgan fingerprint density at radius 3 is 2.73 bits per heavy atom. The van der Waals surface area contributed by atoms with Crippen molar-refractivity contribution in [1.82, 2.24) is 0 Å². The smallest absolute Gasteiger partial charge is 0.0408 e. The summed E-state index contributed by atoms with van der Waals surface area (Å²) in [6.45, 7) is 0. The number of alkyl halides is 1. The van der Waals surface area contributed by atoms with Gasteiger partial charge in [0.2, 0.25) is 0 Å². The van der Waals surface area contributed by atoms with Crippen LogP contribution in [0.1, 0.15) is 43.6 Å². The maximum Gasteiger partial charge on any atom is 0.0408 e. The van der Waals surface area contributed by atoms with E-state index in [0.717, 1.165) is 5.02 Å². The molecular formula is C13H16BrCl. The van der Waals surface area contributed by atoms with Gasteiger partial charge in [-0.1, -0.05) is 58.9 Å². The van der Waals surface area contributed by atoms with Crippen LogP contribution in [0.2, 0.25) is 5.02 Å². The van der Waals surface area contributed by atoms with E-state index >= 15 is 0 Å². The van der Waals surface area contributed by atoms with Crippen molar-refractivity contribution >= 4 is 27.5 Å². The molecule has 1 saturated carbocycles. The van der Waals surface area contributed by atoms with Crippen LogP contribution < -0.4 is 0 Å². The summed E-state index contributed by atoms with van der Waals surface area (Å²) >= 11 is 9.86. The second-order valence-electron chi connectivity index (χ2n) is 4.32. The average Bonchev–Trinajstić information content (AvgIpc) is 2.43. The highest BCUT2D eigenvalue weighted by atomic mass is 79.9. The number of hydrogen-bond donors (Lipinski definition) is 0. The van der Waals surface area contributed by atoms with Crippen molar-refractivity contribution < 1.29 is 0 Å². The lowest BCUT2D eigenvalue weighted by Crippen LogP contribution is -2.10. The molecule has 15 heavy (non-hydrogen) atoms. The van der Waals surface area contributed by atoms with Gasteiger partial charge in [-0.3, -0.25) is 0 Å². The van der Waals surface area contributed by atoms with Crippen molar-refractivity contribution in [3.63, 3.8) is 0 Å². The minimum Gasteiger partial charge on any atom is -0.0884 e. The fraction of sp³-hybridized carbons (Fsp3) is 0.538. The van der Waals surface area contributed by atoms with Crippen molar-refractivity contribution in [2.24, 2.45) is 0 Å². The molecule has 2 heteroatoms. The normalized spacial score (nSPS) is 27.3. The Kier molecular flexibility index (Phi) is 4.10. The summed E-state index contributed by atoms with van der Waals surface area (Å²) in [6, 6.07) is 8.33. The molecule has 0 bridgehead atoms. The molecule has 2 rings (SSSR count). The molecule has 2 unspecified atom stereocenters. The Labute approximate surface area is 105 Å². The van der Waals surface area contributed by atoms with Crippen LogP contribution in [-0.2, 0) is 0 Å². The van der Waals surface area contributed by atoms with Gasteiger partial charge in [0.05, 0.1) is 0 Å². The zero-order chi connectivity index (χ0) is 10.7. The van der Waals surface area contributed by atoms with Crippen molar-refractivity contribution in [1.29, 1.82) is 0 Å². The summed E-state index contributed by atoms with van der Waals surface area (Å²) in [5, 5.41) is 0.858. The SMILES string of the molecule is Clc1cccc(C2CCCCCC2Br)c1. The number of halogens is 2. The Balaban J connectivity index is 2.20. The first-order valence-corrected chi connectivity index (χ1v) is 6.96. The third-order valence-corrected chi connectivity index (χ3v) is 4.54. The minimum absolute atomic E-state index is 0.624. The molecule has 0 heterocycles. The third-order valence-electron chi connectivity index (χ3n) is 3.21. The van der Waals surface area contributed by atoms with Gasteiger partial charge in [0.25, 0.3) is 0 Å². The quantitative estimate of drug-likeness (QED) is 0.495. The molecule has 0 aliphatic heterocycles. The summed E-state index contributed by atoms with van der Waals surface area (Å²) in [5.41, 5.74) is 1.39. The van der Waals surface area contributed by atoms with E-state index in [1.165, 1.54) is 37.7 Å². The summed E-state index contributed by atoms with van der Waals surface area (Å²) in [5.74, 6) is 0.645. The van der Waals surface area contributed by atoms with E-state index in [-0.39, 0.29) is 0 Å². The van der Waals surface area contributed by atoms with Crippen LogP contribution in [0, 0.1) is 0 Å². The molecule has 82 valence electrons. The second-order valence-corrected chi connectivity index (χ2v) is 5.93. The first-order chi connectivity index (χ1) is 7.27. The molecule has 1 aliphatic rings. The molecule has 1 aliphatic carbocycles. The van der Waals surface area contributed by atoms with Gasteiger partial charge in [0.1, 0.15) is 0 Å². The van der Waals surface area contributed by atoms with Gasteiger partial charge in [-0.25, -0.2) is 0 Å². The van der Waals surface area contributed by atoms with E-state index in [2.05, 4.69) is 34.1 Å². The van der Waals surface area contributed by atoms with Gasteiger partial charge in [-0.05, 0) is 36.5 Å². The molecule has 0 nitrogen and oxygen atoms in total. The predicted molar refractivity (Wildman–Crippen MR) is 70.0 cm³/mol. The van der Waals surface area contributed by atoms with Crippen LogP contribution in [0.5, 0.6) is 0 Å². The molecule has 0 aromatic heterocycles. The monoisotopic (exact) mass is 286 g/mol. The molecule has 0 amide bonds. The van der Waals surface area contributed by atoms with Crippen LogP contribution in [0.25, 0.3) is 0 Å². The third kappa shape index (κ3) is 2.98. The van der Waals surface area contributed by atoms with E-state index in [1.807, 2.05) is 6.07 Å². The molecule has 0 spiro atoms. The first kappa shape index (κ1) is 11.5. The molecule has 0 N–H and O–H groups in total. The van der Waals surface area contributed by atoms with Crippen LogP contribution >= 0.6 is 27.5 Å².